The van der Waals surface area contributed by atoms with Gasteiger partial charge in [-0.3, -0.25) is 0 Å². The number of hydrogen-bond acceptors (Lipinski definition) is 2. The van der Waals surface area contributed by atoms with Crippen LogP contribution in [0.2, 0.25) is 0 Å². The topological polar surface area (TPSA) is 35.8 Å². The Morgan fingerprint density at radius 1 is 1.50 bits per heavy atom. The number of benzene rings is 1. The number of nitriles is 1. The van der Waals surface area contributed by atoms with Crippen LogP contribution in [0.25, 0.3) is 0 Å². The minimum atomic E-state index is 0.753. The van der Waals surface area contributed by atoms with Crippen LogP contribution >= 0.6 is 0 Å². The van der Waals surface area contributed by atoms with Gasteiger partial charge in [-0.2, -0.15) is 5.26 Å². The summed E-state index contributed by atoms with van der Waals surface area (Å²) in [6, 6.07) is 8.10. The fourth-order valence-corrected chi connectivity index (χ4v) is 1.14. The molecular weight excluding hydrogens is 148 g/mol. The van der Waals surface area contributed by atoms with E-state index in [0.717, 1.165) is 23.2 Å². The largest absolute Gasteiger partial charge is 0.316 e. The Bertz CT molecular complexity index is 310. The lowest BCUT2D eigenvalue weighted by atomic mass is 10.1. The molecule has 0 amide bonds. The highest BCUT2D eigenvalue weighted by Gasteiger charge is 1.99. The van der Waals surface area contributed by atoms with Crippen LogP contribution in [0.5, 0.6) is 0 Å². The molecule has 1 aromatic carbocycles. The molecule has 1 rings (SSSR count). The normalized spacial score (nSPS) is 9.42. The Morgan fingerprint density at radius 2 is 2.25 bits per heavy atom. The summed E-state index contributed by atoms with van der Waals surface area (Å²) in [5.41, 5.74) is 2.96. The van der Waals surface area contributed by atoms with Gasteiger partial charge in [0.25, 0.3) is 0 Å². The molecular formula is C10H12N2. The number of rotatable bonds is 2. The van der Waals surface area contributed by atoms with Gasteiger partial charge in [0.05, 0.1) is 11.6 Å². The van der Waals surface area contributed by atoms with Crippen LogP contribution in [0, 0.1) is 18.3 Å². The molecule has 12 heavy (non-hydrogen) atoms. The summed E-state index contributed by atoms with van der Waals surface area (Å²) in [5, 5.41) is 11.8. The summed E-state index contributed by atoms with van der Waals surface area (Å²) in [7, 11) is 1.88. The molecule has 1 N–H and O–H groups in total. The second-order valence-corrected chi connectivity index (χ2v) is 2.80. The van der Waals surface area contributed by atoms with Crippen molar-refractivity contribution in [2.45, 2.75) is 13.5 Å². The quantitative estimate of drug-likeness (QED) is 0.713. The van der Waals surface area contributed by atoms with Crippen LogP contribution < -0.4 is 5.32 Å². The first kappa shape index (κ1) is 8.76. The molecule has 0 heterocycles. The van der Waals surface area contributed by atoms with E-state index in [9.17, 15) is 0 Å². The molecule has 2 nitrogen and oxygen atoms in total. The molecule has 62 valence electrons. The zero-order valence-electron chi connectivity index (χ0n) is 7.39. The maximum absolute atomic E-state index is 8.79. The second kappa shape index (κ2) is 3.89. The lowest BCUT2D eigenvalue weighted by molar-refractivity contribution is 0.815. The van der Waals surface area contributed by atoms with Gasteiger partial charge >= 0.3 is 0 Å². The summed E-state index contributed by atoms with van der Waals surface area (Å²) in [5.74, 6) is 0. The smallest absolute Gasteiger partial charge is 0.0995 e. The SMILES string of the molecule is CNCc1ccc(C)cc1C#N. The number of hydrogen-bond donors (Lipinski definition) is 1. The Hall–Kier alpha value is -1.33. The average Bonchev–Trinajstić information content (AvgIpc) is 2.08. The minimum absolute atomic E-state index is 0.753. The van der Waals surface area contributed by atoms with Crippen molar-refractivity contribution in [2.24, 2.45) is 0 Å². The molecule has 0 radical (unpaired) electrons. The van der Waals surface area contributed by atoms with Gasteiger partial charge in [0.1, 0.15) is 0 Å². The molecule has 0 aliphatic carbocycles. The predicted molar refractivity (Wildman–Crippen MR) is 48.7 cm³/mol. The maximum Gasteiger partial charge on any atom is 0.0995 e. The van der Waals surface area contributed by atoms with Crippen molar-refractivity contribution >= 4 is 0 Å². The lowest BCUT2D eigenvalue weighted by Gasteiger charge is -2.02. The third-order valence-electron chi connectivity index (χ3n) is 1.75. The molecule has 1 aromatic rings. The van der Waals surface area contributed by atoms with Gasteiger partial charge in [-0.25, -0.2) is 0 Å². The molecule has 0 bridgehead atoms. The van der Waals surface area contributed by atoms with E-state index in [0.29, 0.717) is 0 Å². The summed E-state index contributed by atoms with van der Waals surface area (Å²) in [4.78, 5) is 0. The molecule has 2 heteroatoms. The zero-order valence-corrected chi connectivity index (χ0v) is 7.39. The molecule has 0 aliphatic heterocycles. The van der Waals surface area contributed by atoms with E-state index in [2.05, 4.69) is 11.4 Å². The second-order valence-electron chi connectivity index (χ2n) is 2.80. The summed E-state index contributed by atoms with van der Waals surface area (Å²) >= 11 is 0. The van der Waals surface area contributed by atoms with E-state index in [1.807, 2.05) is 32.2 Å². The molecule has 0 saturated heterocycles. The lowest BCUT2D eigenvalue weighted by Crippen LogP contribution is -2.06. The first-order valence-corrected chi connectivity index (χ1v) is 3.92. The van der Waals surface area contributed by atoms with E-state index >= 15 is 0 Å². The highest BCUT2D eigenvalue weighted by atomic mass is 14.8. The van der Waals surface area contributed by atoms with E-state index < -0.39 is 0 Å². The van der Waals surface area contributed by atoms with Gasteiger partial charge in [0.2, 0.25) is 0 Å². The fraction of sp³-hybridized carbons (Fsp3) is 0.300. The predicted octanol–water partition coefficient (Wildman–Crippen LogP) is 1.59. The molecule has 0 aromatic heterocycles. The fourth-order valence-electron chi connectivity index (χ4n) is 1.14. The zero-order chi connectivity index (χ0) is 8.97. The Morgan fingerprint density at radius 3 is 2.83 bits per heavy atom. The third kappa shape index (κ3) is 1.84. The van der Waals surface area contributed by atoms with Crippen LogP contribution in [-0.4, -0.2) is 7.05 Å². The van der Waals surface area contributed by atoms with Gasteiger partial charge in [-0.1, -0.05) is 12.1 Å². The number of nitrogens with one attached hydrogen (secondary N) is 1. The molecule has 0 unspecified atom stereocenters. The maximum atomic E-state index is 8.79. The van der Waals surface area contributed by atoms with E-state index in [1.54, 1.807) is 0 Å². The van der Waals surface area contributed by atoms with Gasteiger partial charge in [-0.05, 0) is 31.2 Å². The minimum Gasteiger partial charge on any atom is -0.316 e. The average molecular weight is 160 g/mol. The van der Waals surface area contributed by atoms with Crippen molar-refractivity contribution in [3.63, 3.8) is 0 Å². The van der Waals surface area contributed by atoms with Crippen molar-refractivity contribution in [3.8, 4) is 6.07 Å². The summed E-state index contributed by atoms with van der Waals surface area (Å²) in [6.07, 6.45) is 0. The molecule has 0 spiro atoms. The van der Waals surface area contributed by atoms with E-state index in [-0.39, 0.29) is 0 Å². The van der Waals surface area contributed by atoms with Crippen molar-refractivity contribution < 1.29 is 0 Å². The van der Waals surface area contributed by atoms with Crippen molar-refractivity contribution in [2.75, 3.05) is 7.05 Å². The number of nitrogens with zero attached hydrogens (tertiary/aromatic N) is 1. The van der Waals surface area contributed by atoms with Crippen LogP contribution in [0.15, 0.2) is 18.2 Å². The monoisotopic (exact) mass is 160 g/mol. The Labute approximate surface area is 72.8 Å². The van der Waals surface area contributed by atoms with Crippen LogP contribution in [0.3, 0.4) is 0 Å². The molecule has 0 saturated carbocycles. The molecule has 0 fully saturated rings. The van der Waals surface area contributed by atoms with Crippen LogP contribution in [-0.2, 0) is 6.54 Å². The number of aryl methyl sites for hydroxylation is 1. The van der Waals surface area contributed by atoms with Crippen molar-refractivity contribution in [1.29, 1.82) is 5.26 Å². The first-order chi connectivity index (χ1) is 5.77. The third-order valence-corrected chi connectivity index (χ3v) is 1.75. The highest BCUT2D eigenvalue weighted by molar-refractivity contribution is 5.40. The Kier molecular flexibility index (Phi) is 2.84. The van der Waals surface area contributed by atoms with Crippen molar-refractivity contribution in [1.82, 2.24) is 5.32 Å². The first-order valence-electron chi connectivity index (χ1n) is 3.92. The van der Waals surface area contributed by atoms with Gasteiger partial charge in [-0.15, -0.1) is 0 Å². The standard InChI is InChI=1S/C10H12N2/c1-8-3-4-9(7-12-2)10(5-8)6-11/h3-5,12H,7H2,1-2H3. The molecule has 0 atom stereocenters. The highest BCUT2D eigenvalue weighted by Crippen LogP contribution is 2.09. The van der Waals surface area contributed by atoms with Gasteiger partial charge in [0.15, 0.2) is 0 Å². The molecule has 0 aliphatic rings. The van der Waals surface area contributed by atoms with E-state index in [1.165, 1.54) is 0 Å². The van der Waals surface area contributed by atoms with Crippen molar-refractivity contribution in [3.05, 3.63) is 34.9 Å². The van der Waals surface area contributed by atoms with Crippen LogP contribution in [0.1, 0.15) is 16.7 Å². The summed E-state index contributed by atoms with van der Waals surface area (Å²) in [6.45, 7) is 2.74. The van der Waals surface area contributed by atoms with Gasteiger partial charge in [0, 0.05) is 6.54 Å². The van der Waals surface area contributed by atoms with E-state index in [4.69, 9.17) is 5.26 Å². The summed E-state index contributed by atoms with van der Waals surface area (Å²) < 4.78 is 0. The van der Waals surface area contributed by atoms with Gasteiger partial charge < -0.3 is 5.32 Å². The van der Waals surface area contributed by atoms with Crippen LogP contribution in [0.4, 0.5) is 0 Å². The Balaban J connectivity index is 3.05.